The van der Waals surface area contributed by atoms with Gasteiger partial charge in [0.15, 0.2) is 0 Å². The second-order valence-electron chi connectivity index (χ2n) is 8.93. The Bertz CT molecular complexity index is 987. The minimum absolute atomic E-state index is 0.0171. The fraction of sp³-hybridized carbons (Fsp3) is 0.500. The molecule has 2 fully saturated rings. The first-order valence-corrected chi connectivity index (χ1v) is 12.7. The third-order valence-corrected chi connectivity index (χ3v) is 7.67. The molecule has 7 nitrogen and oxygen atoms in total. The van der Waals surface area contributed by atoms with Gasteiger partial charge in [0.2, 0.25) is 0 Å². The molecule has 0 bridgehead atoms. The first kappa shape index (κ1) is 25.0. The molecular weight excluding hydrogens is 452 g/mol. The Morgan fingerprint density at radius 3 is 2.79 bits per heavy atom. The Hall–Kier alpha value is -2.10. The van der Waals surface area contributed by atoms with Gasteiger partial charge in [0.05, 0.1) is 39.0 Å². The second kappa shape index (κ2) is 11.6. The Labute approximate surface area is 206 Å². The maximum Gasteiger partial charge on any atom is 0.254 e. The molecule has 8 heteroatoms. The maximum absolute atomic E-state index is 13.2. The topological polar surface area (TPSA) is 71.5 Å². The molecule has 3 unspecified atom stereocenters. The van der Waals surface area contributed by atoms with Crippen LogP contribution >= 0.6 is 11.9 Å². The molecule has 34 heavy (non-hydrogen) atoms. The van der Waals surface area contributed by atoms with Crippen molar-refractivity contribution in [2.75, 3.05) is 46.6 Å². The number of carbonyl (C=O) groups is 1. The van der Waals surface area contributed by atoms with E-state index in [1.165, 1.54) is 0 Å². The molecule has 2 saturated heterocycles. The predicted molar refractivity (Wildman–Crippen MR) is 133 cm³/mol. The molecule has 2 aromatic rings. The molecule has 184 valence electrons. The van der Waals surface area contributed by atoms with Gasteiger partial charge in [0.25, 0.3) is 5.91 Å². The number of morpholine rings is 1. The maximum atomic E-state index is 13.2. The van der Waals surface area contributed by atoms with Gasteiger partial charge in [-0.15, -0.1) is 0 Å². The van der Waals surface area contributed by atoms with E-state index in [0.29, 0.717) is 26.3 Å². The summed E-state index contributed by atoms with van der Waals surface area (Å²) < 4.78 is 19.7. The van der Waals surface area contributed by atoms with Crippen LogP contribution in [0.5, 0.6) is 5.75 Å². The van der Waals surface area contributed by atoms with Crippen molar-refractivity contribution in [2.45, 2.75) is 37.9 Å². The lowest BCUT2D eigenvalue weighted by molar-refractivity contribution is 0.0154. The second-order valence-corrected chi connectivity index (χ2v) is 9.95. The van der Waals surface area contributed by atoms with Gasteiger partial charge in [-0.3, -0.25) is 4.79 Å². The number of aryl methyl sites for hydroxylation is 2. The van der Waals surface area contributed by atoms with Gasteiger partial charge in [-0.1, -0.05) is 41.8 Å². The van der Waals surface area contributed by atoms with Crippen molar-refractivity contribution in [3.8, 4) is 5.75 Å². The lowest BCUT2D eigenvalue weighted by Crippen LogP contribution is -2.43. The minimum atomic E-state index is -0.236. The lowest BCUT2D eigenvalue weighted by Gasteiger charge is -2.33. The normalized spacial score (nSPS) is 23.3. The Morgan fingerprint density at radius 1 is 1.18 bits per heavy atom. The van der Waals surface area contributed by atoms with E-state index in [1.54, 1.807) is 19.1 Å². The molecule has 0 aliphatic carbocycles. The summed E-state index contributed by atoms with van der Waals surface area (Å²) in [6, 6.07) is 14.0. The number of aliphatic hydroxyl groups excluding tert-OH is 1. The standard InChI is InChI=1S/C26H34N2O5S/c1-18-7-8-19(2)23(11-18)26(30)27-13-24(31-3)25(14-27)33-22-6-4-5-20(12-22)17-34-28-9-10-32-16-21(28)15-29/h4-8,11-12,21,24-25,29H,9-10,13-17H2,1-3H3. The summed E-state index contributed by atoms with van der Waals surface area (Å²) >= 11 is 1.70. The molecule has 2 aliphatic rings. The van der Waals surface area contributed by atoms with Crippen molar-refractivity contribution in [3.63, 3.8) is 0 Å². The van der Waals surface area contributed by atoms with Crippen LogP contribution in [0.4, 0.5) is 0 Å². The quantitative estimate of drug-likeness (QED) is 0.575. The predicted octanol–water partition coefficient (Wildman–Crippen LogP) is 3.06. The average Bonchev–Trinajstić information content (AvgIpc) is 3.27. The Balaban J connectivity index is 1.39. The van der Waals surface area contributed by atoms with Crippen LogP contribution in [0, 0.1) is 13.8 Å². The molecular formula is C26H34N2O5S. The van der Waals surface area contributed by atoms with Gasteiger partial charge in [-0.05, 0) is 43.2 Å². The Morgan fingerprint density at radius 2 is 2.00 bits per heavy atom. The highest BCUT2D eigenvalue weighted by atomic mass is 32.2. The summed E-state index contributed by atoms with van der Waals surface area (Å²) in [5.74, 6) is 1.57. The van der Waals surface area contributed by atoms with E-state index in [1.807, 2.05) is 55.1 Å². The summed E-state index contributed by atoms with van der Waals surface area (Å²) in [4.78, 5) is 15.0. The summed E-state index contributed by atoms with van der Waals surface area (Å²) in [6.45, 7) is 7.08. The van der Waals surface area contributed by atoms with E-state index >= 15 is 0 Å². The minimum Gasteiger partial charge on any atom is -0.486 e. The number of carbonyl (C=O) groups excluding carboxylic acids is 1. The van der Waals surface area contributed by atoms with Crippen molar-refractivity contribution < 1.29 is 24.1 Å². The fourth-order valence-electron chi connectivity index (χ4n) is 4.38. The van der Waals surface area contributed by atoms with Crippen molar-refractivity contribution >= 4 is 17.9 Å². The van der Waals surface area contributed by atoms with Gasteiger partial charge < -0.3 is 24.2 Å². The van der Waals surface area contributed by atoms with E-state index in [-0.39, 0.29) is 30.8 Å². The molecule has 4 rings (SSSR count). The number of hydrogen-bond acceptors (Lipinski definition) is 7. The van der Waals surface area contributed by atoms with E-state index in [4.69, 9.17) is 14.2 Å². The van der Waals surface area contributed by atoms with Gasteiger partial charge >= 0.3 is 0 Å². The highest BCUT2D eigenvalue weighted by Gasteiger charge is 2.37. The molecule has 1 amide bonds. The zero-order chi connectivity index (χ0) is 24.1. The molecule has 2 heterocycles. The third-order valence-electron chi connectivity index (χ3n) is 6.40. The van der Waals surface area contributed by atoms with Gasteiger partial charge in [-0.25, -0.2) is 4.31 Å². The smallest absolute Gasteiger partial charge is 0.254 e. The molecule has 3 atom stereocenters. The highest BCUT2D eigenvalue weighted by Crippen LogP contribution is 2.27. The van der Waals surface area contributed by atoms with Crippen LogP contribution in [-0.4, -0.2) is 85.0 Å². The Kier molecular flexibility index (Phi) is 8.50. The SMILES string of the molecule is COC1CN(C(=O)c2cc(C)ccc2C)CC1Oc1cccc(CSN2CCOCC2CO)c1. The van der Waals surface area contributed by atoms with Gasteiger partial charge in [0.1, 0.15) is 18.0 Å². The van der Waals surface area contributed by atoms with E-state index in [2.05, 4.69) is 10.4 Å². The van der Waals surface area contributed by atoms with Crippen LogP contribution < -0.4 is 4.74 Å². The molecule has 2 aliphatic heterocycles. The zero-order valence-corrected chi connectivity index (χ0v) is 20.9. The highest BCUT2D eigenvalue weighted by molar-refractivity contribution is 7.96. The van der Waals surface area contributed by atoms with E-state index < -0.39 is 0 Å². The van der Waals surface area contributed by atoms with Crippen molar-refractivity contribution in [2.24, 2.45) is 0 Å². The number of ether oxygens (including phenoxy) is 3. The molecule has 1 N–H and O–H groups in total. The summed E-state index contributed by atoms with van der Waals surface area (Å²) in [6.07, 6.45) is -0.425. The zero-order valence-electron chi connectivity index (χ0n) is 20.1. The summed E-state index contributed by atoms with van der Waals surface area (Å²) in [5, 5.41) is 9.58. The number of amides is 1. The molecule has 0 saturated carbocycles. The molecule has 0 radical (unpaired) electrons. The van der Waals surface area contributed by atoms with Crippen LogP contribution in [0.3, 0.4) is 0 Å². The number of hydrogen-bond donors (Lipinski definition) is 1. The number of benzene rings is 2. The van der Waals surface area contributed by atoms with Crippen LogP contribution in [0.1, 0.15) is 27.0 Å². The number of rotatable bonds is 8. The van der Waals surface area contributed by atoms with Crippen molar-refractivity contribution in [3.05, 3.63) is 64.7 Å². The number of likely N-dealkylation sites (tertiary alicyclic amines) is 1. The monoisotopic (exact) mass is 486 g/mol. The van der Waals surface area contributed by atoms with Crippen LogP contribution in [0.15, 0.2) is 42.5 Å². The van der Waals surface area contributed by atoms with Crippen LogP contribution in [-0.2, 0) is 15.2 Å². The van der Waals surface area contributed by atoms with Crippen LogP contribution in [0.2, 0.25) is 0 Å². The van der Waals surface area contributed by atoms with Crippen LogP contribution in [0.25, 0.3) is 0 Å². The largest absolute Gasteiger partial charge is 0.486 e. The third kappa shape index (κ3) is 5.93. The van der Waals surface area contributed by atoms with E-state index in [9.17, 15) is 9.90 Å². The number of nitrogens with zero attached hydrogens (tertiary/aromatic N) is 2. The summed E-state index contributed by atoms with van der Waals surface area (Å²) in [5.41, 5.74) is 3.92. The van der Waals surface area contributed by atoms with Crippen molar-refractivity contribution in [1.82, 2.24) is 9.21 Å². The van der Waals surface area contributed by atoms with E-state index in [0.717, 1.165) is 40.3 Å². The average molecular weight is 487 g/mol. The number of methoxy groups -OCH3 is 1. The van der Waals surface area contributed by atoms with Gasteiger partial charge in [-0.2, -0.15) is 0 Å². The lowest BCUT2D eigenvalue weighted by atomic mass is 10.0. The van der Waals surface area contributed by atoms with Gasteiger partial charge in [0, 0.05) is 25.0 Å². The first-order chi connectivity index (χ1) is 16.5. The number of aliphatic hydroxyl groups is 1. The first-order valence-electron chi connectivity index (χ1n) is 11.7. The molecule has 0 aromatic heterocycles. The fourth-order valence-corrected chi connectivity index (χ4v) is 5.42. The molecule has 2 aromatic carbocycles. The van der Waals surface area contributed by atoms with Crippen molar-refractivity contribution in [1.29, 1.82) is 0 Å². The molecule has 0 spiro atoms. The summed E-state index contributed by atoms with van der Waals surface area (Å²) in [7, 11) is 1.67.